The number of aryl methyl sites for hydroxylation is 1. The van der Waals surface area contributed by atoms with Gasteiger partial charge in [-0.05, 0) is 36.2 Å². The van der Waals surface area contributed by atoms with Crippen molar-refractivity contribution in [1.29, 1.82) is 0 Å². The lowest BCUT2D eigenvalue weighted by molar-refractivity contribution is 0.246. The molecule has 2 heterocycles. The average molecular weight is 362 g/mol. The van der Waals surface area contributed by atoms with Gasteiger partial charge in [0.25, 0.3) is 0 Å². The lowest BCUT2D eigenvalue weighted by Crippen LogP contribution is -2.23. The van der Waals surface area contributed by atoms with E-state index in [0.717, 1.165) is 28.9 Å². The first-order valence-electron chi connectivity index (χ1n) is 7.57. The molecule has 0 aliphatic rings. The van der Waals surface area contributed by atoms with Crippen molar-refractivity contribution >= 4 is 23.2 Å². The van der Waals surface area contributed by atoms with Crippen molar-refractivity contribution in [3.05, 3.63) is 81.4 Å². The summed E-state index contributed by atoms with van der Waals surface area (Å²) in [6, 6.07) is 9.58. The van der Waals surface area contributed by atoms with Gasteiger partial charge >= 0.3 is 0 Å². The zero-order valence-corrected chi connectivity index (χ0v) is 14.8. The molecule has 24 heavy (non-hydrogen) atoms. The van der Waals surface area contributed by atoms with Crippen LogP contribution in [-0.4, -0.2) is 15.0 Å². The largest absolute Gasteiger partial charge is 0.364 e. The maximum absolute atomic E-state index is 6.34. The van der Waals surface area contributed by atoms with Crippen LogP contribution < -0.4 is 0 Å². The Balaban J connectivity index is 1.82. The number of nitrogens with zero attached hydrogens (tertiary/aromatic N) is 3. The smallest absolute Gasteiger partial charge is 0.128 e. The standard InChI is InChI=1S/C18H17Cl2N3O/c1-13-16(12-24-22-13)11-23(9-14-3-2-6-21-8-14)10-15-4-5-17(19)7-18(15)20/h2-8,12H,9-11H2,1H3. The van der Waals surface area contributed by atoms with Crippen molar-refractivity contribution in [3.63, 3.8) is 0 Å². The van der Waals surface area contributed by atoms with Gasteiger partial charge in [0.05, 0.1) is 5.69 Å². The van der Waals surface area contributed by atoms with Gasteiger partial charge in [0.1, 0.15) is 6.26 Å². The third-order valence-corrected chi connectivity index (χ3v) is 4.37. The van der Waals surface area contributed by atoms with Crippen LogP contribution in [0.4, 0.5) is 0 Å². The molecule has 0 aliphatic carbocycles. The van der Waals surface area contributed by atoms with Gasteiger partial charge in [-0.2, -0.15) is 0 Å². The minimum absolute atomic E-state index is 0.637. The van der Waals surface area contributed by atoms with Gasteiger partial charge in [-0.1, -0.05) is 40.5 Å². The molecule has 0 atom stereocenters. The Labute approximate surface area is 151 Å². The summed E-state index contributed by atoms with van der Waals surface area (Å²) in [7, 11) is 0. The van der Waals surface area contributed by atoms with Gasteiger partial charge in [0, 0.05) is 47.6 Å². The van der Waals surface area contributed by atoms with E-state index >= 15 is 0 Å². The molecule has 0 saturated heterocycles. The molecule has 0 spiro atoms. The van der Waals surface area contributed by atoms with Gasteiger partial charge in [-0.25, -0.2) is 0 Å². The van der Waals surface area contributed by atoms with Gasteiger partial charge < -0.3 is 4.52 Å². The third-order valence-electron chi connectivity index (χ3n) is 3.78. The molecule has 0 N–H and O–H groups in total. The molecular formula is C18H17Cl2N3O. The number of benzene rings is 1. The Morgan fingerprint density at radius 3 is 2.58 bits per heavy atom. The molecule has 1 aromatic carbocycles. The molecular weight excluding hydrogens is 345 g/mol. The van der Waals surface area contributed by atoms with E-state index < -0.39 is 0 Å². The molecule has 0 radical (unpaired) electrons. The SMILES string of the molecule is Cc1nocc1CN(Cc1cccnc1)Cc1ccc(Cl)cc1Cl. The van der Waals surface area contributed by atoms with E-state index in [4.69, 9.17) is 27.7 Å². The molecule has 3 rings (SSSR count). The zero-order valence-electron chi connectivity index (χ0n) is 13.2. The molecule has 0 amide bonds. The summed E-state index contributed by atoms with van der Waals surface area (Å²) in [6.45, 7) is 4.09. The van der Waals surface area contributed by atoms with Gasteiger partial charge in [-0.3, -0.25) is 9.88 Å². The molecule has 0 aliphatic heterocycles. The van der Waals surface area contributed by atoms with E-state index in [-0.39, 0.29) is 0 Å². The molecule has 2 aromatic heterocycles. The predicted molar refractivity (Wildman–Crippen MR) is 94.9 cm³/mol. The van der Waals surface area contributed by atoms with E-state index in [0.29, 0.717) is 23.1 Å². The molecule has 6 heteroatoms. The lowest BCUT2D eigenvalue weighted by Gasteiger charge is -2.22. The molecule has 0 unspecified atom stereocenters. The molecule has 3 aromatic rings. The topological polar surface area (TPSA) is 42.2 Å². The monoisotopic (exact) mass is 361 g/mol. The zero-order chi connectivity index (χ0) is 16.9. The number of aromatic nitrogens is 2. The second-order valence-corrected chi connectivity index (χ2v) is 6.51. The van der Waals surface area contributed by atoms with Crippen molar-refractivity contribution in [2.75, 3.05) is 0 Å². The summed E-state index contributed by atoms with van der Waals surface area (Å²) in [5, 5.41) is 5.26. The second-order valence-electron chi connectivity index (χ2n) is 5.67. The minimum Gasteiger partial charge on any atom is -0.364 e. The summed E-state index contributed by atoms with van der Waals surface area (Å²) >= 11 is 12.3. The normalized spacial score (nSPS) is 11.2. The number of hydrogen-bond acceptors (Lipinski definition) is 4. The van der Waals surface area contributed by atoms with E-state index in [1.54, 1.807) is 18.5 Å². The highest BCUT2D eigenvalue weighted by Gasteiger charge is 2.14. The molecule has 0 bridgehead atoms. The number of hydrogen-bond donors (Lipinski definition) is 0. The Morgan fingerprint density at radius 2 is 1.92 bits per heavy atom. The minimum atomic E-state index is 0.637. The molecule has 0 fully saturated rings. The van der Waals surface area contributed by atoms with Crippen LogP contribution >= 0.6 is 23.2 Å². The molecule has 4 nitrogen and oxygen atoms in total. The van der Waals surface area contributed by atoms with Crippen LogP contribution in [0.25, 0.3) is 0 Å². The summed E-state index contributed by atoms with van der Waals surface area (Å²) in [5.41, 5.74) is 4.12. The van der Waals surface area contributed by atoms with E-state index in [2.05, 4.69) is 21.1 Å². The third kappa shape index (κ3) is 4.35. The van der Waals surface area contributed by atoms with Crippen molar-refractivity contribution in [3.8, 4) is 0 Å². The van der Waals surface area contributed by atoms with Crippen LogP contribution in [0.3, 0.4) is 0 Å². The first-order valence-corrected chi connectivity index (χ1v) is 8.32. The highest BCUT2D eigenvalue weighted by molar-refractivity contribution is 6.35. The van der Waals surface area contributed by atoms with Crippen molar-refractivity contribution in [2.24, 2.45) is 0 Å². The average Bonchev–Trinajstić information content (AvgIpc) is 2.96. The highest BCUT2D eigenvalue weighted by atomic mass is 35.5. The first kappa shape index (κ1) is 17.0. The summed E-state index contributed by atoms with van der Waals surface area (Å²) in [6.07, 6.45) is 5.33. The Bertz CT molecular complexity index is 805. The van der Waals surface area contributed by atoms with Crippen LogP contribution in [-0.2, 0) is 19.6 Å². The fourth-order valence-corrected chi connectivity index (χ4v) is 2.98. The summed E-state index contributed by atoms with van der Waals surface area (Å²) < 4.78 is 5.05. The number of pyridine rings is 1. The van der Waals surface area contributed by atoms with Crippen LogP contribution in [0, 0.1) is 6.92 Å². The lowest BCUT2D eigenvalue weighted by atomic mass is 10.1. The van der Waals surface area contributed by atoms with Crippen molar-refractivity contribution < 1.29 is 4.52 Å². The van der Waals surface area contributed by atoms with E-state index in [9.17, 15) is 0 Å². The van der Waals surface area contributed by atoms with Gasteiger partial charge in [0.15, 0.2) is 0 Å². The van der Waals surface area contributed by atoms with Crippen molar-refractivity contribution in [1.82, 2.24) is 15.0 Å². The van der Waals surface area contributed by atoms with Crippen LogP contribution in [0.2, 0.25) is 10.0 Å². The van der Waals surface area contributed by atoms with Crippen molar-refractivity contribution in [2.45, 2.75) is 26.6 Å². The van der Waals surface area contributed by atoms with Crippen LogP contribution in [0.1, 0.15) is 22.4 Å². The second kappa shape index (κ2) is 7.79. The van der Waals surface area contributed by atoms with Gasteiger partial charge in [0.2, 0.25) is 0 Å². The first-order chi connectivity index (χ1) is 11.6. The Hall–Kier alpha value is -1.88. The van der Waals surface area contributed by atoms with Gasteiger partial charge in [-0.15, -0.1) is 0 Å². The highest BCUT2D eigenvalue weighted by Crippen LogP contribution is 2.24. The Morgan fingerprint density at radius 1 is 1.08 bits per heavy atom. The van der Waals surface area contributed by atoms with Crippen LogP contribution in [0.15, 0.2) is 53.5 Å². The maximum Gasteiger partial charge on any atom is 0.128 e. The maximum atomic E-state index is 6.34. The molecule has 124 valence electrons. The fraction of sp³-hybridized carbons (Fsp3) is 0.222. The predicted octanol–water partition coefficient (Wildman–Crippen LogP) is 4.89. The summed E-state index contributed by atoms with van der Waals surface area (Å²) in [5.74, 6) is 0. The van der Waals surface area contributed by atoms with E-state index in [1.165, 1.54) is 0 Å². The van der Waals surface area contributed by atoms with E-state index in [1.807, 2.05) is 31.3 Å². The molecule has 0 saturated carbocycles. The number of halogens is 2. The summed E-state index contributed by atoms with van der Waals surface area (Å²) in [4.78, 5) is 6.46. The fourth-order valence-electron chi connectivity index (χ4n) is 2.51. The van der Waals surface area contributed by atoms with Crippen LogP contribution in [0.5, 0.6) is 0 Å². The quantitative estimate of drug-likeness (QED) is 0.626. The Kier molecular flexibility index (Phi) is 5.51. The number of rotatable bonds is 6.